The minimum Gasteiger partial charge on any atom is -0.481 e. The molecule has 2 aliphatic rings. The third-order valence-corrected chi connectivity index (χ3v) is 11.7. The minimum absolute atomic E-state index is 0.0110. The van der Waals surface area contributed by atoms with Crippen LogP contribution in [0.25, 0.3) is 27.9 Å². The number of nitrogens with one attached hydrogen (secondary N) is 2. The van der Waals surface area contributed by atoms with Crippen molar-refractivity contribution < 1.29 is 32.6 Å². The second kappa shape index (κ2) is 21.9. The fourth-order valence-electron chi connectivity index (χ4n) is 8.24. The Morgan fingerprint density at radius 2 is 1.21 bits per heavy atom. The predicted molar refractivity (Wildman–Crippen MR) is 240 cm³/mol. The van der Waals surface area contributed by atoms with E-state index >= 15 is 0 Å². The first-order valence-electron chi connectivity index (χ1n) is 22.1. The van der Waals surface area contributed by atoms with Crippen LogP contribution >= 0.6 is 0 Å². The van der Waals surface area contributed by atoms with Gasteiger partial charge in [-0.3, -0.25) is 14.8 Å². The van der Waals surface area contributed by atoms with Crippen LogP contribution in [0.2, 0.25) is 0 Å². The zero-order chi connectivity index (χ0) is 44.1. The van der Waals surface area contributed by atoms with Crippen molar-refractivity contribution in [2.45, 2.75) is 108 Å². The van der Waals surface area contributed by atoms with Gasteiger partial charge >= 0.3 is 5.97 Å². The van der Waals surface area contributed by atoms with Gasteiger partial charge in [-0.05, 0) is 129 Å². The fraction of sp³-hybridized carbons (Fsp3) is 0.380. The number of fused-ring (bicyclic) bond motifs is 4. The molecule has 330 valence electrons. The zero-order valence-electron chi connectivity index (χ0n) is 35.4. The van der Waals surface area contributed by atoms with Crippen LogP contribution in [-0.4, -0.2) is 55.3 Å². The summed E-state index contributed by atoms with van der Waals surface area (Å²) < 4.78 is 53.7. The van der Waals surface area contributed by atoms with Crippen molar-refractivity contribution in [3.63, 3.8) is 0 Å². The van der Waals surface area contributed by atoms with E-state index in [1.54, 1.807) is 36.7 Å². The number of carbonyl (C=O) groups is 1. The first kappa shape index (κ1) is 45.1. The van der Waals surface area contributed by atoms with E-state index in [0.29, 0.717) is 34.6 Å². The van der Waals surface area contributed by atoms with Crippen molar-refractivity contribution in [2.75, 3.05) is 23.7 Å². The molecule has 6 aromatic rings. The largest absolute Gasteiger partial charge is 0.481 e. The quantitative estimate of drug-likeness (QED) is 0.0522. The van der Waals surface area contributed by atoms with Gasteiger partial charge in [-0.25, -0.2) is 27.5 Å². The van der Waals surface area contributed by atoms with E-state index in [1.807, 2.05) is 0 Å². The standard InChI is InChI=1S/C26H29F2N3O2.C24H25F2N3O/c27-22-13-19-12-20(16-30-24(19)15-23(22)28)18(14-25(32)33)6-3-1-2-4-8-21-10-9-17-7-5-11-29-26(17)31-21;25-21-13-18-12-16(15-28-23(18)14-22(21)26)7-10-20(30)6-2-1-5-19-9-8-17-4-3-11-27-24(17)29-19/h9-10,12-13,15-16,18H,1-8,11,14H2,(H,29,31)(H,32,33);7-10,12-15,20,30H,1-6,11H2,(H,27,29)/b;10-7+. The molecule has 13 heteroatoms. The number of nitrogens with zero attached hydrogens (tertiary/aromatic N) is 4. The molecule has 2 aromatic carbocycles. The number of aromatic nitrogens is 4. The topological polar surface area (TPSA) is 133 Å². The summed E-state index contributed by atoms with van der Waals surface area (Å²) in [5.74, 6) is -2.70. The molecule has 2 unspecified atom stereocenters. The lowest BCUT2D eigenvalue weighted by atomic mass is 9.90. The molecule has 9 nitrogen and oxygen atoms in total. The second-order valence-electron chi connectivity index (χ2n) is 16.6. The molecule has 6 heterocycles. The number of aliphatic hydroxyl groups excluding tert-OH is 1. The molecule has 0 saturated carbocycles. The van der Waals surface area contributed by atoms with E-state index in [1.165, 1.54) is 11.1 Å². The molecule has 0 spiro atoms. The summed E-state index contributed by atoms with van der Waals surface area (Å²) in [7, 11) is 0. The first-order chi connectivity index (χ1) is 30.6. The molecule has 0 amide bonds. The van der Waals surface area contributed by atoms with Gasteiger partial charge in [-0.15, -0.1) is 0 Å². The molecule has 0 aliphatic carbocycles. The Balaban J connectivity index is 0.000000190. The summed E-state index contributed by atoms with van der Waals surface area (Å²) in [4.78, 5) is 29.2. The Bertz CT molecular complexity index is 2550. The molecular weight excluding hydrogens is 809 g/mol. The Morgan fingerprint density at radius 3 is 1.83 bits per heavy atom. The summed E-state index contributed by atoms with van der Waals surface area (Å²) in [6, 6.07) is 16.4. The number of aliphatic hydroxyl groups is 1. The van der Waals surface area contributed by atoms with Gasteiger partial charge in [0.05, 0.1) is 23.6 Å². The third kappa shape index (κ3) is 12.8. The third-order valence-electron chi connectivity index (χ3n) is 11.7. The van der Waals surface area contributed by atoms with Gasteiger partial charge in [0.1, 0.15) is 11.6 Å². The summed E-state index contributed by atoms with van der Waals surface area (Å²) in [6.45, 7) is 1.97. The molecule has 4 aromatic heterocycles. The van der Waals surface area contributed by atoms with Crippen molar-refractivity contribution in [2.24, 2.45) is 0 Å². The maximum atomic E-state index is 13.6. The number of hydrogen-bond acceptors (Lipinski definition) is 8. The Morgan fingerprint density at radius 1 is 0.667 bits per heavy atom. The molecule has 63 heavy (non-hydrogen) atoms. The van der Waals surface area contributed by atoms with Crippen LogP contribution in [-0.2, 0) is 30.5 Å². The van der Waals surface area contributed by atoms with E-state index in [-0.39, 0.29) is 12.3 Å². The fourth-order valence-corrected chi connectivity index (χ4v) is 8.24. The monoisotopic (exact) mass is 862 g/mol. The summed E-state index contributed by atoms with van der Waals surface area (Å²) in [5.41, 5.74) is 7.03. The number of carboxylic acid groups (broad SMARTS) is 1. The van der Waals surface area contributed by atoms with Crippen LogP contribution in [0.15, 0.2) is 79.1 Å². The average Bonchev–Trinajstić information content (AvgIpc) is 3.28. The smallest absolute Gasteiger partial charge is 0.303 e. The van der Waals surface area contributed by atoms with Gasteiger partial charge in [0.15, 0.2) is 23.3 Å². The van der Waals surface area contributed by atoms with Crippen LogP contribution in [0.4, 0.5) is 29.2 Å². The normalized spacial score (nSPS) is 14.3. The second-order valence-corrected chi connectivity index (χ2v) is 16.6. The average molecular weight is 863 g/mol. The summed E-state index contributed by atoms with van der Waals surface area (Å²) in [6.07, 6.45) is 19.6. The van der Waals surface area contributed by atoms with Crippen molar-refractivity contribution in [1.29, 1.82) is 0 Å². The molecule has 0 fully saturated rings. The van der Waals surface area contributed by atoms with E-state index in [2.05, 4.69) is 44.9 Å². The summed E-state index contributed by atoms with van der Waals surface area (Å²) in [5, 5.41) is 27.3. The number of hydrogen-bond donors (Lipinski definition) is 4. The molecule has 4 N–H and O–H groups in total. The van der Waals surface area contributed by atoms with Crippen LogP contribution in [0.5, 0.6) is 0 Å². The highest BCUT2D eigenvalue weighted by Gasteiger charge is 2.18. The van der Waals surface area contributed by atoms with Crippen LogP contribution < -0.4 is 10.6 Å². The number of carboxylic acids is 1. The Labute approximate surface area is 365 Å². The Kier molecular flexibility index (Phi) is 15.7. The van der Waals surface area contributed by atoms with Crippen molar-refractivity contribution >= 4 is 45.5 Å². The van der Waals surface area contributed by atoms with Crippen molar-refractivity contribution in [3.05, 3.63) is 136 Å². The number of unbranched alkanes of at least 4 members (excludes halogenated alkanes) is 4. The molecule has 0 radical (unpaired) electrons. The number of pyridine rings is 4. The molecule has 2 atom stereocenters. The molecule has 8 rings (SSSR count). The van der Waals surface area contributed by atoms with Gasteiger partial charge in [0, 0.05) is 59.8 Å². The molecule has 0 saturated heterocycles. The van der Waals surface area contributed by atoms with Crippen LogP contribution in [0.3, 0.4) is 0 Å². The molecule has 2 aliphatic heterocycles. The number of aryl methyl sites for hydroxylation is 4. The number of anilines is 2. The lowest BCUT2D eigenvalue weighted by Gasteiger charge is -2.17. The highest BCUT2D eigenvalue weighted by atomic mass is 19.2. The molecular formula is C50H54F4N6O3. The van der Waals surface area contributed by atoms with Crippen LogP contribution in [0, 0.1) is 23.3 Å². The van der Waals surface area contributed by atoms with Gasteiger partial charge in [-0.2, -0.15) is 0 Å². The van der Waals surface area contributed by atoms with Crippen LogP contribution in [0.1, 0.15) is 110 Å². The highest BCUT2D eigenvalue weighted by Crippen LogP contribution is 2.29. The van der Waals surface area contributed by atoms with Gasteiger partial charge < -0.3 is 20.8 Å². The van der Waals surface area contributed by atoms with Gasteiger partial charge in [0.2, 0.25) is 0 Å². The maximum Gasteiger partial charge on any atom is 0.303 e. The number of aliphatic carboxylic acids is 1. The maximum absolute atomic E-state index is 13.6. The lowest BCUT2D eigenvalue weighted by molar-refractivity contribution is -0.137. The van der Waals surface area contributed by atoms with Gasteiger partial charge in [-0.1, -0.05) is 50.0 Å². The zero-order valence-corrected chi connectivity index (χ0v) is 35.4. The van der Waals surface area contributed by atoms with E-state index in [9.17, 15) is 32.6 Å². The summed E-state index contributed by atoms with van der Waals surface area (Å²) >= 11 is 0. The number of halogens is 4. The van der Waals surface area contributed by atoms with Gasteiger partial charge in [0.25, 0.3) is 0 Å². The van der Waals surface area contributed by atoms with E-state index in [4.69, 9.17) is 9.97 Å². The minimum atomic E-state index is -0.938. The number of rotatable bonds is 17. The Hall–Kier alpha value is -5.95. The predicted octanol–water partition coefficient (Wildman–Crippen LogP) is 11.1. The lowest BCUT2D eigenvalue weighted by Crippen LogP contribution is -2.14. The van der Waals surface area contributed by atoms with E-state index in [0.717, 1.165) is 149 Å². The van der Waals surface area contributed by atoms with E-state index < -0.39 is 35.3 Å². The highest BCUT2D eigenvalue weighted by molar-refractivity contribution is 5.81. The van der Waals surface area contributed by atoms with Crippen molar-refractivity contribution in [1.82, 2.24) is 19.9 Å². The number of benzene rings is 2. The van der Waals surface area contributed by atoms with Crippen molar-refractivity contribution in [3.8, 4) is 0 Å². The SMILES string of the molecule is O=C(O)CC(CCCCCCc1ccc2c(n1)NCCC2)c1cnc2cc(F)c(F)cc2c1.OC(/C=C/c1cnc2cc(F)c(F)cc2c1)CCCCc1ccc2c(n1)NCCC2. The molecule has 0 bridgehead atoms. The first-order valence-corrected chi connectivity index (χ1v) is 22.1.